The van der Waals surface area contributed by atoms with Crippen LogP contribution in [0.2, 0.25) is 0 Å². The molecule has 2 aromatic carbocycles. The van der Waals surface area contributed by atoms with Gasteiger partial charge in [0.25, 0.3) is 0 Å². The van der Waals surface area contributed by atoms with Gasteiger partial charge in [-0.2, -0.15) is 0 Å². The molecule has 0 heterocycles. The van der Waals surface area contributed by atoms with E-state index in [-0.39, 0.29) is 24.5 Å². The summed E-state index contributed by atoms with van der Waals surface area (Å²) in [6, 6.07) is 12.7. The van der Waals surface area contributed by atoms with Gasteiger partial charge in [0.05, 0.1) is 6.61 Å². The molecule has 0 saturated carbocycles. The quantitative estimate of drug-likeness (QED) is 0.880. The van der Waals surface area contributed by atoms with E-state index in [4.69, 9.17) is 0 Å². The number of halogens is 2. The van der Waals surface area contributed by atoms with E-state index in [0.29, 0.717) is 0 Å². The topological polar surface area (TPSA) is 20.2 Å². The SMILES string of the molecule is OCC(Cc1cc(F)ccc1F)c1ccccc1. The van der Waals surface area contributed by atoms with Crippen LogP contribution in [-0.2, 0) is 6.42 Å². The van der Waals surface area contributed by atoms with E-state index in [1.807, 2.05) is 30.3 Å². The van der Waals surface area contributed by atoms with E-state index >= 15 is 0 Å². The van der Waals surface area contributed by atoms with Gasteiger partial charge in [-0.15, -0.1) is 0 Å². The van der Waals surface area contributed by atoms with Crippen LogP contribution in [0.4, 0.5) is 8.78 Å². The molecule has 0 aliphatic heterocycles. The lowest BCUT2D eigenvalue weighted by atomic mass is 9.92. The van der Waals surface area contributed by atoms with Crippen LogP contribution < -0.4 is 0 Å². The van der Waals surface area contributed by atoms with E-state index < -0.39 is 11.6 Å². The molecule has 3 heteroatoms. The second-order valence-electron chi connectivity index (χ2n) is 4.23. The van der Waals surface area contributed by atoms with Gasteiger partial charge in [0.15, 0.2) is 0 Å². The molecule has 1 nitrogen and oxygen atoms in total. The summed E-state index contributed by atoms with van der Waals surface area (Å²) in [4.78, 5) is 0. The molecule has 0 aliphatic carbocycles. The maximum Gasteiger partial charge on any atom is 0.126 e. The van der Waals surface area contributed by atoms with Gasteiger partial charge in [-0.05, 0) is 35.7 Å². The van der Waals surface area contributed by atoms with Gasteiger partial charge >= 0.3 is 0 Å². The van der Waals surface area contributed by atoms with Crippen molar-refractivity contribution in [2.24, 2.45) is 0 Å². The summed E-state index contributed by atoms with van der Waals surface area (Å²) in [6.07, 6.45) is 0.282. The third-order valence-corrected chi connectivity index (χ3v) is 2.97. The fraction of sp³-hybridized carbons (Fsp3) is 0.200. The summed E-state index contributed by atoms with van der Waals surface area (Å²) in [5.41, 5.74) is 1.21. The second kappa shape index (κ2) is 5.74. The fourth-order valence-electron chi connectivity index (χ4n) is 1.98. The maximum absolute atomic E-state index is 13.5. The summed E-state index contributed by atoms with van der Waals surface area (Å²) in [6.45, 7) is -0.0973. The summed E-state index contributed by atoms with van der Waals surface area (Å²) in [5.74, 6) is -1.12. The minimum absolute atomic E-state index is 0.0973. The first-order valence-corrected chi connectivity index (χ1v) is 5.80. The Morgan fingerprint density at radius 1 is 1.00 bits per heavy atom. The Kier molecular flexibility index (Phi) is 4.05. The van der Waals surface area contributed by atoms with Crippen molar-refractivity contribution < 1.29 is 13.9 Å². The number of benzene rings is 2. The molecule has 0 spiro atoms. The van der Waals surface area contributed by atoms with Crippen molar-refractivity contribution in [3.05, 3.63) is 71.3 Å². The highest BCUT2D eigenvalue weighted by Crippen LogP contribution is 2.22. The van der Waals surface area contributed by atoms with Gasteiger partial charge in [0.2, 0.25) is 0 Å². The van der Waals surface area contributed by atoms with Crippen LogP contribution in [0, 0.1) is 11.6 Å². The lowest BCUT2D eigenvalue weighted by Crippen LogP contribution is -2.09. The Morgan fingerprint density at radius 2 is 1.72 bits per heavy atom. The first kappa shape index (κ1) is 12.7. The van der Waals surface area contributed by atoms with Crippen molar-refractivity contribution in [1.82, 2.24) is 0 Å². The highest BCUT2D eigenvalue weighted by molar-refractivity contribution is 5.25. The third-order valence-electron chi connectivity index (χ3n) is 2.97. The monoisotopic (exact) mass is 248 g/mol. The zero-order valence-electron chi connectivity index (χ0n) is 9.81. The molecular formula is C15H14F2O. The van der Waals surface area contributed by atoms with Crippen molar-refractivity contribution >= 4 is 0 Å². The van der Waals surface area contributed by atoms with Crippen LogP contribution in [-0.4, -0.2) is 11.7 Å². The molecule has 2 aromatic rings. The zero-order chi connectivity index (χ0) is 13.0. The van der Waals surface area contributed by atoms with Crippen molar-refractivity contribution in [2.75, 3.05) is 6.61 Å². The Morgan fingerprint density at radius 3 is 2.39 bits per heavy atom. The van der Waals surface area contributed by atoms with Crippen molar-refractivity contribution in [3.63, 3.8) is 0 Å². The number of rotatable bonds is 4. The third kappa shape index (κ3) is 2.93. The number of aliphatic hydroxyl groups is 1. The normalized spacial score (nSPS) is 12.4. The van der Waals surface area contributed by atoms with Gasteiger partial charge in [0, 0.05) is 5.92 Å². The average Bonchev–Trinajstić information content (AvgIpc) is 2.41. The van der Waals surface area contributed by atoms with Gasteiger partial charge in [-0.3, -0.25) is 0 Å². The highest BCUT2D eigenvalue weighted by Gasteiger charge is 2.14. The molecule has 0 aromatic heterocycles. The minimum Gasteiger partial charge on any atom is -0.396 e. The Balaban J connectivity index is 2.23. The summed E-state index contributed by atoms with van der Waals surface area (Å²) < 4.78 is 26.6. The maximum atomic E-state index is 13.5. The Bertz CT molecular complexity index is 511. The molecule has 0 aliphatic rings. The van der Waals surface area contributed by atoms with Gasteiger partial charge < -0.3 is 5.11 Å². The highest BCUT2D eigenvalue weighted by atomic mass is 19.1. The minimum atomic E-state index is -0.462. The van der Waals surface area contributed by atoms with E-state index in [9.17, 15) is 13.9 Å². The predicted octanol–water partition coefficient (Wildman–Crippen LogP) is 3.28. The Hall–Kier alpha value is -1.74. The molecular weight excluding hydrogens is 234 g/mol. The molecule has 1 N–H and O–H groups in total. The first-order chi connectivity index (χ1) is 8.70. The number of hydrogen-bond donors (Lipinski definition) is 1. The van der Waals surface area contributed by atoms with E-state index in [2.05, 4.69) is 0 Å². The largest absolute Gasteiger partial charge is 0.396 e. The molecule has 0 amide bonds. The van der Waals surface area contributed by atoms with Gasteiger partial charge in [-0.1, -0.05) is 30.3 Å². The van der Waals surface area contributed by atoms with Crippen LogP contribution in [0.3, 0.4) is 0 Å². The molecule has 1 atom stereocenters. The van der Waals surface area contributed by atoms with Crippen LogP contribution in [0.25, 0.3) is 0 Å². The summed E-state index contributed by atoms with van der Waals surface area (Å²) in [5, 5.41) is 9.38. The Labute approximate surface area is 105 Å². The van der Waals surface area contributed by atoms with E-state index in [1.165, 1.54) is 6.07 Å². The average molecular weight is 248 g/mol. The fourth-order valence-corrected chi connectivity index (χ4v) is 1.98. The predicted molar refractivity (Wildman–Crippen MR) is 66.3 cm³/mol. The standard InChI is InChI=1S/C15H14F2O/c16-14-6-7-15(17)12(9-14)8-13(10-18)11-4-2-1-3-5-11/h1-7,9,13,18H,8,10H2. The van der Waals surface area contributed by atoms with Crippen LogP contribution in [0.5, 0.6) is 0 Å². The molecule has 1 unspecified atom stereocenters. The lowest BCUT2D eigenvalue weighted by molar-refractivity contribution is 0.263. The van der Waals surface area contributed by atoms with Gasteiger partial charge in [0.1, 0.15) is 11.6 Å². The van der Waals surface area contributed by atoms with Crippen molar-refractivity contribution in [3.8, 4) is 0 Å². The first-order valence-electron chi connectivity index (χ1n) is 5.80. The molecule has 0 radical (unpaired) electrons. The van der Waals surface area contributed by atoms with Crippen LogP contribution in [0.15, 0.2) is 48.5 Å². The lowest BCUT2D eigenvalue weighted by Gasteiger charge is -2.15. The smallest absolute Gasteiger partial charge is 0.126 e. The van der Waals surface area contributed by atoms with Crippen LogP contribution >= 0.6 is 0 Å². The second-order valence-corrected chi connectivity index (χ2v) is 4.23. The molecule has 94 valence electrons. The molecule has 0 saturated heterocycles. The number of hydrogen-bond acceptors (Lipinski definition) is 1. The molecule has 0 fully saturated rings. The van der Waals surface area contributed by atoms with Gasteiger partial charge in [-0.25, -0.2) is 8.78 Å². The molecule has 0 bridgehead atoms. The molecule has 2 rings (SSSR count). The summed E-state index contributed by atoms with van der Waals surface area (Å²) in [7, 11) is 0. The molecule has 18 heavy (non-hydrogen) atoms. The van der Waals surface area contributed by atoms with E-state index in [0.717, 1.165) is 17.7 Å². The van der Waals surface area contributed by atoms with E-state index in [1.54, 1.807) is 0 Å². The van der Waals surface area contributed by atoms with Crippen molar-refractivity contribution in [2.45, 2.75) is 12.3 Å². The summed E-state index contributed by atoms with van der Waals surface area (Å²) >= 11 is 0. The number of aliphatic hydroxyl groups excluding tert-OH is 1. The van der Waals surface area contributed by atoms with Crippen molar-refractivity contribution in [1.29, 1.82) is 0 Å². The zero-order valence-corrected chi connectivity index (χ0v) is 9.81. The van der Waals surface area contributed by atoms with Crippen LogP contribution in [0.1, 0.15) is 17.0 Å².